The average Bonchev–Trinajstić information content (AvgIpc) is 2.37. The van der Waals surface area contributed by atoms with Gasteiger partial charge >= 0.3 is 0 Å². The predicted octanol–water partition coefficient (Wildman–Crippen LogP) is 2.59. The minimum absolute atomic E-state index is 0.125. The number of aryl methyl sites for hydroxylation is 1. The number of carbonyl (C=O) groups excluding carboxylic acids is 1. The first-order valence-electron chi connectivity index (χ1n) is 7.10. The molecule has 104 valence electrons. The molecule has 0 saturated carbocycles. The summed E-state index contributed by atoms with van der Waals surface area (Å²) in [4.78, 5) is 14.6. The number of piperidine rings is 1. The van der Waals surface area contributed by atoms with Gasteiger partial charge in [0.1, 0.15) is 0 Å². The van der Waals surface area contributed by atoms with Gasteiger partial charge in [-0.3, -0.25) is 4.79 Å². The monoisotopic (exact) mass is 260 g/mol. The Balaban J connectivity index is 2.18. The van der Waals surface area contributed by atoms with Crippen molar-refractivity contribution >= 4 is 5.91 Å². The number of rotatable bonds is 2. The van der Waals surface area contributed by atoms with E-state index in [1.807, 2.05) is 29.2 Å². The molecule has 1 aromatic carbocycles. The summed E-state index contributed by atoms with van der Waals surface area (Å²) in [6.45, 7) is 7.07. The lowest BCUT2D eigenvalue weighted by Crippen LogP contribution is -2.55. The molecule has 1 unspecified atom stereocenters. The Morgan fingerprint density at radius 3 is 2.53 bits per heavy atom. The van der Waals surface area contributed by atoms with Crippen LogP contribution in [0.15, 0.2) is 24.3 Å². The van der Waals surface area contributed by atoms with Crippen LogP contribution >= 0.6 is 0 Å². The third kappa shape index (κ3) is 2.98. The van der Waals surface area contributed by atoms with Gasteiger partial charge in [0.2, 0.25) is 0 Å². The highest BCUT2D eigenvalue weighted by atomic mass is 16.2. The van der Waals surface area contributed by atoms with E-state index in [9.17, 15) is 4.79 Å². The fourth-order valence-electron chi connectivity index (χ4n) is 2.87. The lowest BCUT2D eigenvalue weighted by atomic mass is 9.87. The molecular weight excluding hydrogens is 236 g/mol. The number of nitrogens with zero attached hydrogens (tertiary/aromatic N) is 1. The lowest BCUT2D eigenvalue weighted by molar-refractivity contribution is 0.0400. The molecule has 0 bridgehead atoms. The molecule has 0 aliphatic carbocycles. The maximum atomic E-state index is 12.6. The molecule has 1 atom stereocenters. The summed E-state index contributed by atoms with van der Waals surface area (Å²) in [5, 5.41) is 0. The maximum absolute atomic E-state index is 12.6. The van der Waals surface area contributed by atoms with Crippen molar-refractivity contribution in [3.05, 3.63) is 35.4 Å². The fourth-order valence-corrected chi connectivity index (χ4v) is 2.87. The third-order valence-corrected chi connectivity index (χ3v) is 4.07. The molecule has 1 saturated heterocycles. The first-order chi connectivity index (χ1) is 8.94. The SMILES string of the molecule is CCc1ccc(C(=O)N2CCC(N)CC2(C)C)cc1. The van der Waals surface area contributed by atoms with Crippen LogP contribution in [0.25, 0.3) is 0 Å². The Morgan fingerprint density at radius 1 is 1.37 bits per heavy atom. The molecule has 1 amide bonds. The molecule has 3 nitrogen and oxygen atoms in total. The molecule has 1 aliphatic heterocycles. The van der Waals surface area contributed by atoms with Gasteiger partial charge in [0.05, 0.1) is 0 Å². The number of carbonyl (C=O) groups is 1. The van der Waals surface area contributed by atoms with Gasteiger partial charge in [-0.15, -0.1) is 0 Å². The molecule has 1 fully saturated rings. The van der Waals surface area contributed by atoms with Gasteiger partial charge in [0.25, 0.3) is 5.91 Å². The van der Waals surface area contributed by atoms with Crippen LogP contribution in [-0.2, 0) is 6.42 Å². The zero-order chi connectivity index (χ0) is 14.0. The van der Waals surface area contributed by atoms with E-state index in [2.05, 4.69) is 20.8 Å². The second-order valence-corrected chi connectivity index (χ2v) is 6.07. The second-order valence-electron chi connectivity index (χ2n) is 6.07. The largest absolute Gasteiger partial charge is 0.333 e. The van der Waals surface area contributed by atoms with Crippen LogP contribution in [-0.4, -0.2) is 28.9 Å². The van der Waals surface area contributed by atoms with Crippen molar-refractivity contribution in [2.75, 3.05) is 6.54 Å². The predicted molar refractivity (Wildman–Crippen MR) is 78.1 cm³/mol. The maximum Gasteiger partial charge on any atom is 0.254 e. The van der Waals surface area contributed by atoms with Crippen LogP contribution in [0.5, 0.6) is 0 Å². The van der Waals surface area contributed by atoms with Crippen molar-refractivity contribution < 1.29 is 4.79 Å². The summed E-state index contributed by atoms with van der Waals surface area (Å²) in [7, 11) is 0. The van der Waals surface area contributed by atoms with Crippen molar-refractivity contribution in [3.63, 3.8) is 0 Å². The zero-order valence-electron chi connectivity index (χ0n) is 12.1. The molecule has 1 aliphatic rings. The van der Waals surface area contributed by atoms with Crippen LogP contribution < -0.4 is 5.73 Å². The van der Waals surface area contributed by atoms with Crippen molar-refractivity contribution in [2.24, 2.45) is 5.73 Å². The Kier molecular flexibility index (Phi) is 3.95. The highest BCUT2D eigenvalue weighted by molar-refractivity contribution is 5.94. The Bertz CT molecular complexity index is 450. The fraction of sp³-hybridized carbons (Fsp3) is 0.562. The molecule has 0 radical (unpaired) electrons. The van der Waals surface area contributed by atoms with Gasteiger partial charge in [0.15, 0.2) is 0 Å². The molecule has 0 aromatic heterocycles. The summed E-state index contributed by atoms with van der Waals surface area (Å²) < 4.78 is 0. The summed E-state index contributed by atoms with van der Waals surface area (Å²) in [5.74, 6) is 0.125. The topological polar surface area (TPSA) is 46.3 Å². The summed E-state index contributed by atoms with van der Waals surface area (Å²) in [6, 6.07) is 8.16. The van der Waals surface area contributed by atoms with Gasteiger partial charge in [-0.2, -0.15) is 0 Å². The van der Waals surface area contributed by atoms with Crippen LogP contribution in [0, 0.1) is 0 Å². The van der Waals surface area contributed by atoms with Gasteiger partial charge in [-0.25, -0.2) is 0 Å². The Morgan fingerprint density at radius 2 is 2.00 bits per heavy atom. The van der Waals surface area contributed by atoms with Gasteiger partial charge < -0.3 is 10.6 Å². The van der Waals surface area contributed by atoms with E-state index in [0.29, 0.717) is 0 Å². The third-order valence-electron chi connectivity index (χ3n) is 4.07. The number of hydrogen-bond donors (Lipinski definition) is 1. The molecule has 0 spiro atoms. The van der Waals surface area contributed by atoms with Crippen molar-refractivity contribution in [3.8, 4) is 0 Å². The quantitative estimate of drug-likeness (QED) is 0.888. The van der Waals surface area contributed by atoms with E-state index < -0.39 is 0 Å². The minimum atomic E-state index is -0.155. The summed E-state index contributed by atoms with van der Waals surface area (Å²) in [6.07, 6.45) is 2.76. The highest BCUT2D eigenvalue weighted by Gasteiger charge is 2.36. The van der Waals surface area contributed by atoms with Gasteiger partial charge in [-0.05, 0) is 50.8 Å². The minimum Gasteiger partial charge on any atom is -0.333 e. The standard InChI is InChI=1S/C16H24N2O/c1-4-12-5-7-13(8-6-12)15(19)18-10-9-14(17)11-16(18,2)3/h5-8,14H,4,9-11,17H2,1-3H3. The number of hydrogen-bond acceptors (Lipinski definition) is 2. The molecule has 1 aromatic rings. The number of amides is 1. The molecule has 1 heterocycles. The Labute approximate surface area is 115 Å². The number of benzene rings is 1. The van der Waals surface area contributed by atoms with Crippen LogP contribution in [0.3, 0.4) is 0 Å². The summed E-state index contributed by atoms with van der Waals surface area (Å²) >= 11 is 0. The van der Waals surface area contributed by atoms with E-state index in [-0.39, 0.29) is 17.5 Å². The normalized spacial score (nSPS) is 22.3. The van der Waals surface area contributed by atoms with Gasteiger partial charge in [0, 0.05) is 23.7 Å². The number of nitrogens with two attached hydrogens (primary N) is 1. The molecule has 19 heavy (non-hydrogen) atoms. The van der Waals surface area contributed by atoms with Crippen molar-refractivity contribution in [1.82, 2.24) is 4.90 Å². The van der Waals surface area contributed by atoms with Crippen LogP contribution in [0.4, 0.5) is 0 Å². The highest BCUT2D eigenvalue weighted by Crippen LogP contribution is 2.28. The van der Waals surface area contributed by atoms with Crippen molar-refractivity contribution in [1.29, 1.82) is 0 Å². The lowest BCUT2D eigenvalue weighted by Gasteiger charge is -2.44. The van der Waals surface area contributed by atoms with E-state index in [4.69, 9.17) is 5.73 Å². The van der Waals surface area contributed by atoms with Gasteiger partial charge in [-0.1, -0.05) is 19.1 Å². The van der Waals surface area contributed by atoms with E-state index >= 15 is 0 Å². The summed E-state index contributed by atoms with van der Waals surface area (Å²) in [5.41, 5.74) is 7.90. The second kappa shape index (κ2) is 5.33. The zero-order valence-corrected chi connectivity index (χ0v) is 12.1. The van der Waals surface area contributed by atoms with E-state index in [1.165, 1.54) is 5.56 Å². The van der Waals surface area contributed by atoms with E-state index in [1.54, 1.807) is 0 Å². The van der Waals surface area contributed by atoms with Crippen LogP contribution in [0.1, 0.15) is 49.5 Å². The first kappa shape index (κ1) is 14.1. The van der Waals surface area contributed by atoms with E-state index in [0.717, 1.165) is 31.4 Å². The molecule has 2 rings (SSSR count). The first-order valence-corrected chi connectivity index (χ1v) is 7.10. The van der Waals surface area contributed by atoms with Crippen molar-refractivity contribution in [2.45, 2.75) is 51.6 Å². The Hall–Kier alpha value is -1.35. The van der Waals surface area contributed by atoms with Crippen LogP contribution in [0.2, 0.25) is 0 Å². The average molecular weight is 260 g/mol. The molecule has 2 N–H and O–H groups in total. The number of likely N-dealkylation sites (tertiary alicyclic amines) is 1. The molecular formula is C16H24N2O. The smallest absolute Gasteiger partial charge is 0.254 e. The molecule has 3 heteroatoms.